The van der Waals surface area contributed by atoms with Crippen LogP contribution in [0, 0.1) is 5.82 Å². The number of carbonyl (C=O) groups is 1. The zero-order chi connectivity index (χ0) is 24.4. The largest absolute Gasteiger partial charge is 0.379 e. The van der Waals surface area contributed by atoms with Gasteiger partial charge in [-0.1, -0.05) is 18.2 Å². The number of benzene rings is 1. The van der Waals surface area contributed by atoms with E-state index in [4.69, 9.17) is 4.74 Å². The number of urea groups is 1. The zero-order valence-electron chi connectivity index (χ0n) is 20.3. The molecule has 1 aromatic carbocycles. The highest BCUT2D eigenvalue weighted by Crippen LogP contribution is 2.32. The number of rotatable bonds is 5. The van der Waals surface area contributed by atoms with Gasteiger partial charge < -0.3 is 19.9 Å². The average Bonchev–Trinajstić information content (AvgIpc) is 3.28. The van der Waals surface area contributed by atoms with Gasteiger partial charge in [0.05, 0.1) is 13.2 Å². The molecule has 3 aromatic rings. The molecule has 0 radical (unpaired) electrons. The maximum Gasteiger partial charge on any atom is 0.317 e. The molecular formula is C27H32FN5O2. The predicted molar refractivity (Wildman–Crippen MR) is 135 cm³/mol. The summed E-state index contributed by atoms with van der Waals surface area (Å²) in [6, 6.07) is 7.56. The molecule has 0 aliphatic carbocycles. The fourth-order valence-electron chi connectivity index (χ4n) is 4.76. The Morgan fingerprint density at radius 2 is 2.03 bits per heavy atom. The molecule has 0 bridgehead atoms. The molecule has 0 atom stereocenters. The lowest BCUT2D eigenvalue weighted by Gasteiger charge is -2.27. The van der Waals surface area contributed by atoms with E-state index in [0.717, 1.165) is 67.0 Å². The second kappa shape index (κ2) is 10.2. The molecule has 2 aliphatic heterocycles. The molecular weight excluding hydrogens is 445 g/mol. The number of hydrogen-bond acceptors (Lipinski definition) is 4. The van der Waals surface area contributed by atoms with Crippen molar-refractivity contribution in [3.63, 3.8) is 0 Å². The number of nitrogens with one attached hydrogen (secondary N) is 2. The van der Waals surface area contributed by atoms with E-state index in [2.05, 4.69) is 26.3 Å². The summed E-state index contributed by atoms with van der Waals surface area (Å²) in [5, 5.41) is 3.91. The molecule has 5 rings (SSSR count). The van der Waals surface area contributed by atoms with E-state index in [-0.39, 0.29) is 17.9 Å². The lowest BCUT2D eigenvalue weighted by molar-refractivity contribution is 0.0341. The summed E-state index contributed by atoms with van der Waals surface area (Å²) in [7, 11) is 0. The van der Waals surface area contributed by atoms with Crippen molar-refractivity contribution < 1.29 is 13.9 Å². The van der Waals surface area contributed by atoms with Gasteiger partial charge in [-0.3, -0.25) is 4.90 Å². The number of amides is 2. The molecule has 2 aromatic heterocycles. The lowest BCUT2D eigenvalue weighted by atomic mass is 9.97. The first kappa shape index (κ1) is 23.5. The molecule has 0 unspecified atom stereocenters. The Hall–Kier alpha value is -3.23. The number of fused-ring (bicyclic) bond motifs is 1. The lowest BCUT2D eigenvalue weighted by Crippen LogP contribution is -2.44. The summed E-state index contributed by atoms with van der Waals surface area (Å²) in [6.07, 6.45) is 6.53. The summed E-state index contributed by atoms with van der Waals surface area (Å²) in [4.78, 5) is 24.2. The smallest absolute Gasteiger partial charge is 0.317 e. The first-order valence-corrected chi connectivity index (χ1v) is 12.3. The molecule has 2 amide bonds. The molecule has 1 saturated heterocycles. The van der Waals surface area contributed by atoms with Crippen molar-refractivity contribution in [3.05, 3.63) is 59.7 Å². The molecule has 2 aliphatic rings. The number of aromatic amines is 1. The van der Waals surface area contributed by atoms with Crippen LogP contribution in [0.4, 0.5) is 9.18 Å². The Labute approximate surface area is 205 Å². The van der Waals surface area contributed by atoms with Crippen molar-refractivity contribution in [2.24, 2.45) is 0 Å². The van der Waals surface area contributed by atoms with E-state index in [0.29, 0.717) is 18.7 Å². The Balaban J connectivity index is 1.36. The minimum atomic E-state index is -0.238. The number of aromatic nitrogens is 2. The van der Waals surface area contributed by atoms with Crippen LogP contribution >= 0.6 is 0 Å². The molecule has 35 heavy (non-hydrogen) atoms. The van der Waals surface area contributed by atoms with E-state index in [1.54, 1.807) is 12.3 Å². The predicted octanol–water partition coefficient (Wildman–Crippen LogP) is 4.41. The summed E-state index contributed by atoms with van der Waals surface area (Å²) in [5.41, 5.74) is 5.26. The number of H-pyrrole nitrogens is 1. The van der Waals surface area contributed by atoms with Gasteiger partial charge in [-0.15, -0.1) is 0 Å². The fraction of sp³-hybridized carbons (Fsp3) is 0.407. The van der Waals surface area contributed by atoms with E-state index < -0.39 is 0 Å². The van der Waals surface area contributed by atoms with Gasteiger partial charge in [0, 0.05) is 73.2 Å². The highest BCUT2D eigenvalue weighted by Gasteiger charge is 2.20. The molecule has 4 heterocycles. The maximum atomic E-state index is 15.1. The number of pyridine rings is 1. The Kier molecular flexibility index (Phi) is 6.83. The van der Waals surface area contributed by atoms with E-state index in [9.17, 15) is 4.79 Å². The summed E-state index contributed by atoms with van der Waals surface area (Å²) in [5.74, 6) is -0.238. The quantitative estimate of drug-likeness (QED) is 0.571. The van der Waals surface area contributed by atoms with E-state index in [1.165, 1.54) is 5.57 Å². The van der Waals surface area contributed by atoms with Crippen LogP contribution in [0.3, 0.4) is 0 Å². The SMILES string of the molecule is CC(C)NC(=O)N1CC=C(c2c[nH]c3ncc(-c4ccc(CN5CCOCC5)cc4F)cc23)CC1. The number of ether oxygens (including phenoxy) is 1. The standard InChI is InChI=1S/C27H32FN5O2/c1-18(2)31-27(34)33-7-5-20(6-8-33)24-16-30-26-23(24)14-21(15-29-26)22-4-3-19(13-25(22)28)17-32-9-11-35-12-10-32/h3-5,13-16,18H,6-12,17H2,1-2H3,(H,29,30)(H,31,34). The molecule has 184 valence electrons. The van der Waals surface area contributed by atoms with Gasteiger partial charge in [0.2, 0.25) is 0 Å². The summed E-state index contributed by atoms with van der Waals surface area (Å²) < 4.78 is 20.5. The molecule has 2 N–H and O–H groups in total. The van der Waals surface area contributed by atoms with Crippen LogP contribution in [0.2, 0.25) is 0 Å². The monoisotopic (exact) mass is 477 g/mol. The minimum absolute atomic E-state index is 0.0364. The number of hydrogen-bond donors (Lipinski definition) is 2. The summed E-state index contributed by atoms with van der Waals surface area (Å²) in [6.45, 7) is 9.05. The van der Waals surface area contributed by atoms with Crippen LogP contribution in [-0.4, -0.2) is 71.2 Å². The second-order valence-corrected chi connectivity index (χ2v) is 9.55. The van der Waals surface area contributed by atoms with Gasteiger partial charge in [-0.05, 0) is 43.5 Å². The Bertz CT molecular complexity index is 1250. The topological polar surface area (TPSA) is 73.5 Å². The van der Waals surface area contributed by atoms with Crippen molar-refractivity contribution in [3.8, 4) is 11.1 Å². The third kappa shape index (κ3) is 5.23. The first-order valence-electron chi connectivity index (χ1n) is 12.3. The fourth-order valence-corrected chi connectivity index (χ4v) is 4.76. The second-order valence-electron chi connectivity index (χ2n) is 9.55. The van der Waals surface area contributed by atoms with Crippen LogP contribution in [0.15, 0.2) is 42.7 Å². The van der Waals surface area contributed by atoms with Crippen molar-refractivity contribution >= 4 is 22.6 Å². The zero-order valence-corrected chi connectivity index (χ0v) is 20.3. The molecule has 7 nitrogen and oxygen atoms in total. The molecule has 0 spiro atoms. The van der Waals surface area contributed by atoms with E-state index in [1.807, 2.05) is 43.1 Å². The first-order chi connectivity index (χ1) is 17.0. The Morgan fingerprint density at radius 3 is 2.74 bits per heavy atom. The summed E-state index contributed by atoms with van der Waals surface area (Å²) >= 11 is 0. The van der Waals surface area contributed by atoms with Gasteiger partial charge in [-0.2, -0.15) is 0 Å². The molecule has 8 heteroatoms. The normalized spacial score (nSPS) is 17.1. The van der Waals surface area contributed by atoms with Gasteiger partial charge >= 0.3 is 6.03 Å². The maximum absolute atomic E-state index is 15.1. The highest BCUT2D eigenvalue weighted by atomic mass is 19.1. The van der Waals surface area contributed by atoms with Crippen LogP contribution in [0.1, 0.15) is 31.4 Å². The van der Waals surface area contributed by atoms with E-state index >= 15 is 4.39 Å². The van der Waals surface area contributed by atoms with Gasteiger partial charge in [0.1, 0.15) is 11.5 Å². The Morgan fingerprint density at radius 1 is 1.20 bits per heavy atom. The van der Waals surface area contributed by atoms with Crippen LogP contribution in [-0.2, 0) is 11.3 Å². The van der Waals surface area contributed by atoms with Crippen LogP contribution in [0.5, 0.6) is 0 Å². The number of carbonyl (C=O) groups excluding carboxylic acids is 1. The average molecular weight is 478 g/mol. The third-order valence-electron chi connectivity index (χ3n) is 6.64. The number of morpholine rings is 1. The molecule has 1 fully saturated rings. The van der Waals surface area contributed by atoms with Gasteiger partial charge in [-0.25, -0.2) is 14.2 Å². The van der Waals surface area contributed by atoms with Gasteiger partial charge in [0.15, 0.2) is 0 Å². The van der Waals surface area contributed by atoms with Crippen molar-refractivity contribution in [2.45, 2.75) is 32.9 Å². The highest BCUT2D eigenvalue weighted by molar-refractivity contribution is 5.93. The van der Waals surface area contributed by atoms with Crippen LogP contribution < -0.4 is 5.32 Å². The third-order valence-corrected chi connectivity index (χ3v) is 6.64. The van der Waals surface area contributed by atoms with Crippen molar-refractivity contribution in [1.82, 2.24) is 25.1 Å². The van der Waals surface area contributed by atoms with Gasteiger partial charge in [0.25, 0.3) is 0 Å². The molecule has 0 saturated carbocycles. The minimum Gasteiger partial charge on any atom is -0.379 e. The number of halogens is 1. The van der Waals surface area contributed by atoms with Crippen LogP contribution in [0.25, 0.3) is 27.7 Å². The number of nitrogens with zero attached hydrogens (tertiary/aromatic N) is 3. The van der Waals surface area contributed by atoms with Crippen molar-refractivity contribution in [1.29, 1.82) is 0 Å². The van der Waals surface area contributed by atoms with Crippen molar-refractivity contribution in [2.75, 3.05) is 39.4 Å².